The fraction of sp³-hybridized carbons (Fsp3) is 0.600. The first kappa shape index (κ1) is 11.1. The monoisotopic (exact) mass is 274 g/mol. The summed E-state index contributed by atoms with van der Waals surface area (Å²) in [7, 11) is 0. The maximum atomic E-state index is 5.58. The van der Waals surface area contributed by atoms with Crippen LogP contribution in [0.25, 0.3) is 0 Å². The maximum absolute atomic E-state index is 5.58. The zero-order chi connectivity index (χ0) is 10.7. The van der Waals surface area contributed by atoms with E-state index < -0.39 is 0 Å². The SMILES string of the molecule is NCC1CN(Cc2occc2Br)CCO1. The van der Waals surface area contributed by atoms with Crippen LogP contribution in [0.4, 0.5) is 0 Å². The van der Waals surface area contributed by atoms with Crippen molar-refractivity contribution in [2.24, 2.45) is 5.73 Å². The molecule has 0 saturated carbocycles. The van der Waals surface area contributed by atoms with Crippen molar-refractivity contribution in [3.8, 4) is 0 Å². The molecular weight excluding hydrogens is 260 g/mol. The van der Waals surface area contributed by atoms with Gasteiger partial charge in [0.05, 0.1) is 30.0 Å². The third-order valence-electron chi connectivity index (χ3n) is 2.54. The summed E-state index contributed by atoms with van der Waals surface area (Å²) in [6.45, 7) is 3.96. The molecule has 15 heavy (non-hydrogen) atoms. The lowest BCUT2D eigenvalue weighted by Crippen LogP contribution is -2.45. The van der Waals surface area contributed by atoms with Crippen LogP contribution in [0.3, 0.4) is 0 Å². The van der Waals surface area contributed by atoms with Crippen molar-refractivity contribution < 1.29 is 9.15 Å². The molecule has 5 heteroatoms. The molecule has 2 rings (SSSR count). The van der Waals surface area contributed by atoms with Gasteiger partial charge in [-0.25, -0.2) is 0 Å². The minimum absolute atomic E-state index is 0.160. The van der Waals surface area contributed by atoms with Crippen molar-refractivity contribution in [3.05, 3.63) is 22.6 Å². The Morgan fingerprint density at radius 1 is 1.60 bits per heavy atom. The second kappa shape index (κ2) is 5.12. The first-order valence-corrected chi connectivity index (χ1v) is 5.85. The van der Waals surface area contributed by atoms with E-state index in [1.807, 2.05) is 6.07 Å². The summed E-state index contributed by atoms with van der Waals surface area (Å²) in [6.07, 6.45) is 1.85. The molecule has 0 aliphatic carbocycles. The van der Waals surface area contributed by atoms with Gasteiger partial charge in [-0.1, -0.05) is 0 Å². The van der Waals surface area contributed by atoms with Crippen LogP contribution >= 0.6 is 15.9 Å². The van der Waals surface area contributed by atoms with Gasteiger partial charge in [0, 0.05) is 19.6 Å². The minimum atomic E-state index is 0.160. The number of nitrogens with zero attached hydrogens (tertiary/aromatic N) is 1. The van der Waals surface area contributed by atoms with Gasteiger partial charge < -0.3 is 14.9 Å². The predicted molar refractivity (Wildman–Crippen MR) is 60.5 cm³/mol. The van der Waals surface area contributed by atoms with Gasteiger partial charge in [-0.05, 0) is 22.0 Å². The molecule has 0 radical (unpaired) electrons. The van der Waals surface area contributed by atoms with Gasteiger partial charge in [-0.2, -0.15) is 0 Å². The summed E-state index contributed by atoms with van der Waals surface area (Å²) in [5.74, 6) is 0.965. The van der Waals surface area contributed by atoms with E-state index in [0.29, 0.717) is 6.54 Å². The molecule has 1 saturated heterocycles. The molecule has 1 aliphatic heterocycles. The van der Waals surface area contributed by atoms with E-state index >= 15 is 0 Å². The van der Waals surface area contributed by atoms with E-state index in [1.54, 1.807) is 6.26 Å². The molecule has 0 amide bonds. The van der Waals surface area contributed by atoms with Gasteiger partial charge in [0.1, 0.15) is 5.76 Å². The Morgan fingerprint density at radius 3 is 3.13 bits per heavy atom. The van der Waals surface area contributed by atoms with Crippen LogP contribution < -0.4 is 5.73 Å². The van der Waals surface area contributed by atoms with Crippen LogP contribution in [0.1, 0.15) is 5.76 Å². The fourth-order valence-corrected chi connectivity index (χ4v) is 2.03. The van der Waals surface area contributed by atoms with Gasteiger partial charge in [0.2, 0.25) is 0 Å². The average molecular weight is 275 g/mol. The van der Waals surface area contributed by atoms with Crippen LogP contribution in [0.15, 0.2) is 21.2 Å². The fourth-order valence-electron chi connectivity index (χ4n) is 1.71. The van der Waals surface area contributed by atoms with Crippen molar-refractivity contribution in [3.63, 3.8) is 0 Å². The number of halogens is 1. The Kier molecular flexibility index (Phi) is 3.80. The quantitative estimate of drug-likeness (QED) is 0.900. The number of furan rings is 1. The van der Waals surface area contributed by atoms with Crippen LogP contribution in [0.2, 0.25) is 0 Å². The second-order valence-corrected chi connectivity index (χ2v) is 4.51. The molecule has 4 nitrogen and oxygen atoms in total. The van der Waals surface area contributed by atoms with Gasteiger partial charge >= 0.3 is 0 Å². The summed E-state index contributed by atoms with van der Waals surface area (Å²) in [4.78, 5) is 2.30. The number of rotatable bonds is 3. The number of nitrogens with two attached hydrogens (primary N) is 1. The molecule has 1 unspecified atom stereocenters. The predicted octanol–water partition coefficient (Wildman–Crippen LogP) is 1.20. The van der Waals surface area contributed by atoms with Crippen LogP contribution in [-0.4, -0.2) is 37.2 Å². The Hall–Kier alpha value is -0.360. The lowest BCUT2D eigenvalue weighted by molar-refractivity contribution is -0.0279. The zero-order valence-electron chi connectivity index (χ0n) is 8.49. The van der Waals surface area contributed by atoms with E-state index in [9.17, 15) is 0 Å². The van der Waals surface area contributed by atoms with E-state index in [-0.39, 0.29) is 6.10 Å². The summed E-state index contributed by atoms with van der Waals surface area (Å²) >= 11 is 3.45. The highest BCUT2D eigenvalue weighted by atomic mass is 79.9. The number of hydrogen-bond donors (Lipinski definition) is 1. The second-order valence-electron chi connectivity index (χ2n) is 3.66. The maximum Gasteiger partial charge on any atom is 0.131 e. The molecule has 1 aromatic heterocycles. The molecule has 0 bridgehead atoms. The van der Waals surface area contributed by atoms with E-state index in [4.69, 9.17) is 14.9 Å². The Labute approximate surface area is 97.5 Å². The van der Waals surface area contributed by atoms with Crippen molar-refractivity contribution in [1.82, 2.24) is 4.90 Å². The smallest absolute Gasteiger partial charge is 0.131 e. The van der Waals surface area contributed by atoms with E-state index in [2.05, 4.69) is 20.8 Å². The standard InChI is InChI=1S/C10H15BrN2O2/c11-9-1-3-15-10(9)7-13-2-4-14-8(5-12)6-13/h1,3,8H,2,4-7,12H2. The summed E-state index contributed by atoms with van der Waals surface area (Å²) in [5.41, 5.74) is 5.58. The van der Waals surface area contributed by atoms with Crippen LogP contribution in [0, 0.1) is 0 Å². The zero-order valence-corrected chi connectivity index (χ0v) is 10.1. The Morgan fingerprint density at radius 2 is 2.47 bits per heavy atom. The molecule has 1 aliphatic rings. The van der Waals surface area contributed by atoms with Gasteiger partial charge in [0.25, 0.3) is 0 Å². The van der Waals surface area contributed by atoms with Gasteiger partial charge in [0.15, 0.2) is 0 Å². The third kappa shape index (κ3) is 2.81. The van der Waals surface area contributed by atoms with Crippen molar-refractivity contribution in [2.45, 2.75) is 12.6 Å². The van der Waals surface area contributed by atoms with E-state index in [1.165, 1.54) is 0 Å². The Bertz CT molecular complexity index is 316. The number of morpholine rings is 1. The van der Waals surface area contributed by atoms with Crippen molar-refractivity contribution in [2.75, 3.05) is 26.2 Å². The van der Waals surface area contributed by atoms with Crippen molar-refractivity contribution in [1.29, 1.82) is 0 Å². The largest absolute Gasteiger partial charge is 0.467 e. The number of hydrogen-bond acceptors (Lipinski definition) is 4. The molecule has 0 spiro atoms. The molecule has 2 heterocycles. The molecule has 84 valence electrons. The molecular formula is C10H15BrN2O2. The summed E-state index contributed by atoms with van der Waals surface area (Å²) < 4.78 is 11.9. The third-order valence-corrected chi connectivity index (χ3v) is 3.25. The molecule has 1 atom stereocenters. The highest BCUT2D eigenvalue weighted by Gasteiger charge is 2.20. The average Bonchev–Trinajstić information content (AvgIpc) is 2.65. The van der Waals surface area contributed by atoms with Gasteiger partial charge in [-0.3, -0.25) is 4.90 Å². The first-order chi connectivity index (χ1) is 7.29. The Balaban J connectivity index is 1.92. The van der Waals surface area contributed by atoms with Crippen LogP contribution in [-0.2, 0) is 11.3 Å². The number of ether oxygens (including phenoxy) is 1. The van der Waals surface area contributed by atoms with E-state index in [0.717, 1.165) is 36.5 Å². The van der Waals surface area contributed by atoms with Crippen LogP contribution in [0.5, 0.6) is 0 Å². The summed E-state index contributed by atoms with van der Waals surface area (Å²) in [5, 5.41) is 0. The minimum Gasteiger partial charge on any atom is -0.467 e. The lowest BCUT2D eigenvalue weighted by Gasteiger charge is -2.31. The molecule has 1 aromatic rings. The summed E-state index contributed by atoms with van der Waals surface area (Å²) in [6, 6.07) is 1.91. The normalized spacial score (nSPS) is 23.2. The highest BCUT2D eigenvalue weighted by Crippen LogP contribution is 2.20. The molecule has 0 aromatic carbocycles. The first-order valence-electron chi connectivity index (χ1n) is 5.05. The van der Waals surface area contributed by atoms with Gasteiger partial charge in [-0.15, -0.1) is 0 Å². The highest BCUT2D eigenvalue weighted by molar-refractivity contribution is 9.10. The topological polar surface area (TPSA) is 51.6 Å². The van der Waals surface area contributed by atoms with Crippen molar-refractivity contribution >= 4 is 15.9 Å². The molecule has 2 N–H and O–H groups in total. The molecule has 1 fully saturated rings. The lowest BCUT2D eigenvalue weighted by atomic mass is 10.2.